The lowest BCUT2D eigenvalue weighted by Crippen LogP contribution is -2.19. The van der Waals surface area contributed by atoms with Crippen LogP contribution in [0.25, 0.3) is 5.82 Å². The van der Waals surface area contributed by atoms with Gasteiger partial charge < -0.3 is 5.73 Å². The van der Waals surface area contributed by atoms with Crippen LogP contribution in [0, 0.1) is 6.92 Å². The van der Waals surface area contributed by atoms with Crippen LogP contribution in [-0.4, -0.2) is 37.4 Å². The summed E-state index contributed by atoms with van der Waals surface area (Å²) in [6.07, 6.45) is 1.46. The number of nitrogens with two attached hydrogens (primary N) is 1. The van der Waals surface area contributed by atoms with E-state index >= 15 is 0 Å². The van der Waals surface area contributed by atoms with E-state index in [1.54, 1.807) is 31.2 Å². The minimum Gasteiger partial charge on any atom is -0.378 e. The number of aromatic nitrogens is 5. The molecule has 10 nitrogen and oxygen atoms in total. The minimum atomic E-state index is -0.535. The first-order valence-electron chi connectivity index (χ1n) is 6.66. The molecule has 1 amide bonds. The van der Waals surface area contributed by atoms with Crippen LogP contribution in [0.2, 0.25) is 5.02 Å². The molecule has 2 aromatic heterocycles. The van der Waals surface area contributed by atoms with Gasteiger partial charge in [-0.2, -0.15) is 9.78 Å². The SMILES string of the molecule is Cc1c(C(=O)N/N=C\c2cccc(Cl)c2)nnn1-c1nonc1N. The molecule has 0 aliphatic rings. The van der Waals surface area contributed by atoms with Gasteiger partial charge in [0.1, 0.15) is 0 Å². The maximum Gasteiger partial charge on any atom is 0.293 e. The Hall–Kier alpha value is -3.27. The number of nitrogens with zero attached hydrogens (tertiary/aromatic N) is 6. The lowest BCUT2D eigenvalue weighted by molar-refractivity contribution is 0.0949. The number of anilines is 1. The highest BCUT2D eigenvalue weighted by molar-refractivity contribution is 6.30. The van der Waals surface area contributed by atoms with E-state index in [4.69, 9.17) is 17.3 Å². The van der Waals surface area contributed by atoms with Gasteiger partial charge in [0.05, 0.1) is 11.9 Å². The summed E-state index contributed by atoms with van der Waals surface area (Å²) < 4.78 is 5.75. The Morgan fingerprint density at radius 3 is 3.00 bits per heavy atom. The molecule has 3 N–H and O–H groups in total. The molecule has 0 bridgehead atoms. The second-order valence-electron chi connectivity index (χ2n) is 4.66. The van der Waals surface area contributed by atoms with Gasteiger partial charge in [0.15, 0.2) is 5.69 Å². The van der Waals surface area contributed by atoms with Crippen molar-refractivity contribution >= 4 is 29.5 Å². The monoisotopic (exact) mass is 346 g/mol. The molecule has 0 aliphatic carbocycles. The van der Waals surface area contributed by atoms with Crippen molar-refractivity contribution in [3.05, 3.63) is 46.2 Å². The van der Waals surface area contributed by atoms with E-state index in [-0.39, 0.29) is 17.3 Å². The lowest BCUT2D eigenvalue weighted by atomic mass is 10.2. The molecule has 3 aromatic rings. The second-order valence-corrected chi connectivity index (χ2v) is 5.10. The molecule has 122 valence electrons. The molecule has 0 saturated carbocycles. The molecule has 0 saturated heterocycles. The van der Waals surface area contributed by atoms with Crippen LogP contribution in [0.15, 0.2) is 34.0 Å². The summed E-state index contributed by atoms with van der Waals surface area (Å²) >= 11 is 5.87. The summed E-state index contributed by atoms with van der Waals surface area (Å²) in [7, 11) is 0. The van der Waals surface area contributed by atoms with Crippen molar-refractivity contribution < 1.29 is 9.42 Å². The van der Waals surface area contributed by atoms with E-state index < -0.39 is 5.91 Å². The lowest BCUT2D eigenvalue weighted by Gasteiger charge is -1.99. The summed E-state index contributed by atoms with van der Waals surface area (Å²) in [5, 5.41) is 19.1. The van der Waals surface area contributed by atoms with Gasteiger partial charge in [0.2, 0.25) is 11.6 Å². The fourth-order valence-electron chi connectivity index (χ4n) is 1.88. The smallest absolute Gasteiger partial charge is 0.293 e. The van der Waals surface area contributed by atoms with Crippen molar-refractivity contribution in [2.75, 3.05) is 5.73 Å². The zero-order valence-corrected chi connectivity index (χ0v) is 13.1. The number of carbonyl (C=O) groups is 1. The van der Waals surface area contributed by atoms with E-state index in [1.807, 2.05) is 0 Å². The maximum absolute atomic E-state index is 12.1. The van der Waals surface area contributed by atoms with Crippen LogP contribution in [-0.2, 0) is 0 Å². The summed E-state index contributed by atoms with van der Waals surface area (Å²) in [6, 6.07) is 7.02. The third-order valence-electron chi connectivity index (χ3n) is 3.03. The Morgan fingerprint density at radius 2 is 2.29 bits per heavy atom. The number of benzene rings is 1. The Labute approximate surface area is 140 Å². The Balaban J connectivity index is 1.74. The average Bonchev–Trinajstić information content (AvgIpc) is 3.13. The van der Waals surface area contributed by atoms with Crippen LogP contribution in [0.5, 0.6) is 0 Å². The fraction of sp³-hybridized carbons (Fsp3) is 0.0769. The minimum absolute atomic E-state index is 0.0361. The van der Waals surface area contributed by atoms with Gasteiger partial charge >= 0.3 is 0 Å². The highest BCUT2D eigenvalue weighted by atomic mass is 35.5. The Bertz CT molecular complexity index is 916. The molecule has 0 radical (unpaired) electrons. The highest BCUT2D eigenvalue weighted by Gasteiger charge is 2.20. The largest absolute Gasteiger partial charge is 0.378 e. The van der Waals surface area contributed by atoms with Crippen LogP contribution in [0.1, 0.15) is 21.7 Å². The quantitative estimate of drug-likeness (QED) is 0.530. The first-order valence-corrected chi connectivity index (χ1v) is 7.03. The molecule has 0 spiro atoms. The van der Waals surface area contributed by atoms with Crippen molar-refractivity contribution in [3.63, 3.8) is 0 Å². The van der Waals surface area contributed by atoms with E-state index in [1.165, 1.54) is 10.9 Å². The van der Waals surface area contributed by atoms with Gasteiger partial charge in [-0.3, -0.25) is 4.79 Å². The van der Waals surface area contributed by atoms with Crippen molar-refractivity contribution in [3.8, 4) is 5.82 Å². The molecule has 0 fully saturated rings. The van der Waals surface area contributed by atoms with E-state index in [0.717, 1.165) is 5.56 Å². The van der Waals surface area contributed by atoms with Gasteiger partial charge in [-0.25, -0.2) is 10.1 Å². The van der Waals surface area contributed by atoms with Crippen LogP contribution in [0.4, 0.5) is 5.82 Å². The first kappa shape index (κ1) is 15.6. The number of hydrazone groups is 1. The fourth-order valence-corrected chi connectivity index (χ4v) is 2.08. The third-order valence-corrected chi connectivity index (χ3v) is 3.27. The Kier molecular flexibility index (Phi) is 4.20. The molecule has 0 atom stereocenters. The molecular weight excluding hydrogens is 336 g/mol. The Morgan fingerprint density at radius 1 is 1.46 bits per heavy atom. The number of halogens is 1. The zero-order chi connectivity index (χ0) is 17.1. The standard InChI is InChI=1S/C13H11ClN8O2/c1-7-10(17-21-22(7)12-11(15)19-24-20-12)13(23)18-16-6-8-3-2-4-9(14)5-8/h2-6H,1H3,(H2,15,19)(H,18,23)/b16-6-. The number of rotatable bonds is 4. The highest BCUT2D eigenvalue weighted by Crippen LogP contribution is 2.14. The van der Waals surface area contributed by atoms with Gasteiger partial charge in [-0.1, -0.05) is 28.9 Å². The molecule has 0 aliphatic heterocycles. The zero-order valence-electron chi connectivity index (χ0n) is 12.3. The van der Waals surface area contributed by atoms with E-state index in [2.05, 4.69) is 35.8 Å². The van der Waals surface area contributed by atoms with Gasteiger partial charge in [0, 0.05) is 5.02 Å². The van der Waals surface area contributed by atoms with Gasteiger partial charge in [-0.05, 0) is 34.9 Å². The van der Waals surface area contributed by atoms with E-state index in [0.29, 0.717) is 10.7 Å². The van der Waals surface area contributed by atoms with Gasteiger partial charge in [0.25, 0.3) is 5.91 Å². The molecule has 1 aromatic carbocycles. The second kappa shape index (κ2) is 6.46. The van der Waals surface area contributed by atoms with Crippen molar-refractivity contribution in [1.82, 2.24) is 30.7 Å². The number of hydrogen-bond donors (Lipinski definition) is 2. The summed E-state index contributed by atoms with van der Waals surface area (Å²) in [5.74, 6) is -0.345. The van der Waals surface area contributed by atoms with Crippen LogP contribution in [0.3, 0.4) is 0 Å². The first-order chi connectivity index (χ1) is 11.6. The molecule has 0 unspecified atom stereocenters. The predicted octanol–water partition coefficient (Wildman–Crippen LogP) is 0.958. The number of nitrogen functional groups attached to an aromatic ring is 1. The van der Waals surface area contributed by atoms with Crippen molar-refractivity contribution in [2.45, 2.75) is 6.92 Å². The molecule has 11 heteroatoms. The number of amides is 1. The summed E-state index contributed by atoms with van der Waals surface area (Å²) in [5.41, 5.74) is 9.18. The topological polar surface area (TPSA) is 137 Å². The van der Waals surface area contributed by atoms with Crippen molar-refractivity contribution in [2.24, 2.45) is 5.10 Å². The summed E-state index contributed by atoms with van der Waals surface area (Å²) in [6.45, 7) is 1.63. The number of nitrogens with one attached hydrogen (secondary N) is 1. The molecule has 24 heavy (non-hydrogen) atoms. The van der Waals surface area contributed by atoms with Crippen LogP contribution < -0.4 is 11.2 Å². The summed E-state index contributed by atoms with van der Waals surface area (Å²) in [4.78, 5) is 12.1. The number of hydrogen-bond acceptors (Lipinski definition) is 8. The third kappa shape index (κ3) is 3.08. The van der Waals surface area contributed by atoms with E-state index in [9.17, 15) is 4.79 Å². The molecule has 3 rings (SSSR count). The predicted molar refractivity (Wildman–Crippen MR) is 84.9 cm³/mol. The normalized spacial score (nSPS) is 11.1. The van der Waals surface area contributed by atoms with Crippen molar-refractivity contribution in [1.29, 1.82) is 0 Å². The average molecular weight is 347 g/mol. The maximum atomic E-state index is 12.1. The molecular formula is C13H11ClN8O2. The van der Waals surface area contributed by atoms with Gasteiger partial charge in [-0.15, -0.1) is 5.10 Å². The van der Waals surface area contributed by atoms with Crippen LogP contribution >= 0.6 is 11.6 Å². The molecule has 2 heterocycles. The number of carbonyl (C=O) groups excluding carboxylic acids is 1.